The third kappa shape index (κ3) is 3.74. The van der Waals surface area contributed by atoms with E-state index in [1.165, 1.54) is 0 Å². The molecule has 4 nitrogen and oxygen atoms in total. The molecule has 0 spiro atoms. The predicted molar refractivity (Wildman–Crippen MR) is 48.1 cm³/mol. The normalized spacial score (nSPS) is 19.0. The number of rotatable bonds is 6. The molecule has 2 N–H and O–H groups in total. The van der Waals surface area contributed by atoms with Crippen molar-refractivity contribution in [2.75, 3.05) is 6.61 Å². The molecule has 0 heterocycles. The van der Waals surface area contributed by atoms with Gasteiger partial charge >= 0.3 is 5.97 Å². The van der Waals surface area contributed by atoms with Gasteiger partial charge in [0, 0.05) is 0 Å². The Balaban J connectivity index is 2.19. The molecule has 1 saturated carbocycles. The van der Waals surface area contributed by atoms with Crippen LogP contribution in [0.2, 0.25) is 0 Å². The second kappa shape index (κ2) is 4.58. The Morgan fingerprint density at radius 2 is 2.23 bits per heavy atom. The van der Waals surface area contributed by atoms with Crippen LogP contribution in [-0.4, -0.2) is 23.7 Å². The molecule has 0 aliphatic heterocycles. The van der Waals surface area contributed by atoms with Crippen molar-refractivity contribution in [2.45, 2.75) is 32.7 Å². The summed E-state index contributed by atoms with van der Waals surface area (Å²) in [5.74, 6) is -0.128. The van der Waals surface area contributed by atoms with E-state index in [1.54, 1.807) is 0 Å². The van der Waals surface area contributed by atoms with Gasteiger partial charge in [0.05, 0.1) is 6.61 Å². The first kappa shape index (κ1) is 10.5. The second-order valence-electron chi connectivity index (χ2n) is 3.98. The lowest BCUT2D eigenvalue weighted by Crippen LogP contribution is -2.39. The Morgan fingerprint density at radius 3 is 2.62 bits per heavy atom. The average Bonchev–Trinajstić information content (AvgIpc) is 2.79. The molecule has 0 amide bonds. The Kier molecular flexibility index (Phi) is 3.69. The zero-order valence-electron chi connectivity index (χ0n) is 8.12. The van der Waals surface area contributed by atoms with Crippen LogP contribution < -0.4 is 5.48 Å². The molecule has 0 saturated heterocycles. The first-order valence-electron chi connectivity index (χ1n) is 4.71. The molecule has 1 rings (SSSR count). The van der Waals surface area contributed by atoms with Crippen molar-refractivity contribution in [3.63, 3.8) is 0 Å². The van der Waals surface area contributed by atoms with Crippen LogP contribution in [0.4, 0.5) is 0 Å². The summed E-state index contributed by atoms with van der Waals surface area (Å²) in [6.07, 6.45) is 1.99. The minimum atomic E-state index is -0.814. The summed E-state index contributed by atoms with van der Waals surface area (Å²) in [5, 5.41) is 8.81. The Hall–Kier alpha value is -0.610. The van der Waals surface area contributed by atoms with Crippen LogP contribution in [0.3, 0.4) is 0 Å². The molecule has 76 valence electrons. The largest absolute Gasteiger partial charge is 0.480 e. The fourth-order valence-corrected chi connectivity index (χ4v) is 1.08. The minimum absolute atomic E-state index is 0.268. The van der Waals surface area contributed by atoms with Gasteiger partial charge in [0.25, 0.3) is 0 Å². The number of carboxylic acid groups (broad SMARTS) is 1. The SMILES string of the molecule is CC(C)CONC(C(=O)O)C1CC1. The lowest BCUT2D eigenvalue weighted by Gasteiger charge is -2.14. The minimum Gasteiger partial charge on any atom is -0.480 e. The van der Waals surface area contributed by atoms with Crippen molar-refractivity contribution in [1.82, 2.24) is 5.48 Å². The second-order valence-corrected chi connectivity index (χ2v) is 3.98. The highest BCUT2D eigenvalue weighted by molar-refractivity contribution is 5.74. The van der Waals surface area contributed by atoms with Crippen molar-refractivity contribution in [3.05, 3.63) is 0 Å². The zero-order valence-corrected chi connectivity index (χ0v) is 8.12. The zero-order chi connectivity index (χ0) is 9.84. The van der Waals surface area contributed by atoms with Gasteiger partial charge in [-0.2, -0.15) is 5.48 Å². The predicted octanol–water partition coefficient (Wildman–Crippen LogP) is 1.03. The Labute approximate surface area is 78.2 Å². The van der Waals surface area contributed by atoms with Crippen LogP contribution in [0.25, 0.3) is 0 Å². The van der Waals surface area contributed by atoms with E-state index in [-0.39, 0.29) is 5.92 Å². The van der Waals surface area contributed by atoms with Gasteiger partial charge in [-0.25, -0.2) is 0 Å². The summed E-state index contributed by atoms with van der Waals surface area (Å²) < 4.78 is 0. The standard InChI is InChI=1S/C9H17NO3/c1-6(2)5-13-10-8(9(11)12)7-3-4-7/h6-8,10H,3-5H2,1-2H3,(H,11,12). The molecule has 1 aliphatic carbocycles. The van der Waals surface area contributed by atoms with Crippen LogP contribution in [-0.2, 0) is 9.63 Å². The number of aliphatic carboxylic acids is 1. The van der Waals surface area contributed by atoms with E-state index in [0.29, 0.717) is 12.5 Å². The summed E-state index contributed by atoms with van der Waals surface area (Å²) in [6, 6.07) is -0.515. The van der Waals surface area contributed by atoms with E-state index in [0.717, 1.165) is 12.8 Å². The van der Waals surface area contributed by atoms with Crippen molar-refractivity contribution in [1.29, 1.82) is 0 Å². The topological polar surface area (TPSA) is 58.6 Å². The van der Waals surface area contributed by atoms with E-state index in [9.17, 15) is 4.79 Å². The third-order valence-electron chi connectivity index (χ3n) is 1.99. The van der Waals surface area contributed by atoms with E-state index < -0.39 is 12.0 Å². The smallest absolute Gasteiger partial charge is 0.323 e. The van der Waals surface area contributed by atoms with Crippen molar-refractivity contribution in [3.8, 4) is 0 Å². The molecule has 1 atom stereocenters. The van der Waals surface area contributed by atoms with E-state index in [4.69, 9.17) is 9.94 Å². The highest BCUT2D eigenvalue weighted by Gasteiger charge is 2.36. The van der Waals surface area contributed by atoms with Gasteiger partial charge in [-0.1, -0.05) is 13.8 Å². The molecule has 0 bridgehead atoms. The van der Waals surface area contributed by atoms with Crippen molar-refractivity contribution >= 4 is 5.97 Å². The van der Waals surface area contributed by atoms with Crippen LogP contribution in [0.15, 0.2) is 0 Å². The molecule has 1 aliphatic rings. The summed E-state index contributed by atoms with van der Waals surface area (Å²) in [7, 11) is 0. The van der Waals surface area contributed by atoms with E-state index in [2.05, 4.69) is 5.48 Å². The van der Waals surface area contributed by atoms with Crippen LogP contribution >= 0.6 is 0 Å². The molecule has 0 aromatic rings. The van der Waals surface area contributed by atoms with E-state index in [1.807, 2.05) is 13.8 Å². The van der Waals surface area contributed by atoms with Gasteiger partial charge in [0.1, 0.15) is 6.04 Å². The molecule has 1 unspecified atom stereocenters. The van der Waals surface area contributed by atoms with Gasteiger partial charge in [-0.05, 0) is 24.7 Å². The summed E-state index contributed by atoms with van der Waals surface area (Å²) in [5.41, 5.74) is 2.61. The number of hydroxylamine groups is 1. The molecule has 0 aromatic carbocycles. The summed E-state index contributed by atoms with van der Waals surface area (Å²) in [6.45, 7) is 4.60. The maximum Gasteiger partial charge on any atom is 0.323 e. The first-order valence-corrected chi connectivity index (χ1v) is 4.71. The first-order chi connectivity index (χ1) is 6.11. The fraction of sp³-hybridized carbons (Fsp3) is 0.889. The number of nitrogens with one attached hydrogen (secondary N) is 1. The lowest BCUT2D eigenvalue weighted by molar-refractivity contribution is -0.145. The van der Waals surface area contributed by atoms with Gasteiger partial charge in [-0.15, -0.1) is 0 Å². The highest BCUT2D eigenvalue weighted by atomic mass is 16.6. The Bertz CT molecular complexity index is 178. The quantitative estimate of drug-likeness (QED) is 0.610. The number of hydrogen-bond donors (Lipinski definition) is 2. The maximum atomic E-state index is 10.7. The van der Waals surface area contributed by atoms with Gasteiger partial charge in [0.15, 0.2) is 0 Å². The number of carboxylic acids is 1. The lowest BCUT2D eigenvalue weighted by atomic mass is 10.2. The Morgan fingerprint density at radius 1 is 1.62 bits per heavy atom. The number of hydrogen-bond acceptors (Lipinski definition) is 3. The van der Waals surface area contributed by atoms with Crippen LogP contribution in [0.1, 0.15) is 26.7 Å². The highest BCUT2D eigenvalue weighted by Crippen LogP contribution is 2.32. The molecular weight excluding hydrogens is 170 g/mol. The van der Waals surface area contributed by atoms with Crippen LogP contribution in [0.5, 0.6) is 0 Å². The maximum absolute atomic E-state index is 10.7. The summed E-state index contributed by atoms with van der Waals surface area (Å²) in [4.78, 5) is 15.8. The van der Waals surface area contributed by atoms with Gasteiger partial charge in [0.2, 0.25) is 0 Å². The molecular formula is C9H17NO3. The molecule has 0 radical (unpaired) electrons. The molecule has 13 heavy (non-hydrogen) atoms. The molecule has 4 heteroatoms. The van der Waals surface area contributed by atoms with Crippen molar-refractivity contribution < 1.29 is 14.7 Å². The third-order valence-corrected chi connectivity index (χ3v) is 1.99. The summed E-state index contributed by atoms with van der Waals surface area (Å²) >= 11 is 0. The van der Waals surface area contributed by atoms with Gasteiger partial charge in [-0.3, -0.25) is 4.79 Å². The van der Waals surface area contributed by atoms with E-state index >= 15 is 0 Å². The average molecular weight is 187 g/mol. The van der Waals surface area contributed by atoms with Gasteiger partial charge < -0.3 is 9.94 Å². The monoisotopic (exact) mass is 187 g/mol. The van der Waals surface area contributed by atoms with Crippen LogP contribution in [0, 0.1) is 11.8 Å². The van der Waals surface area contributed by atoms with Crippen molar-refractivity contribution in [2.24, 2.45) is 11.8 Å². The fourth-order valence-electron chi connectivity index (χ4n) is 1.08. The molecule has 0 aromatic heterocycles. The molecule has 1 fully saturated rings. The number of carbonyl (C=O) groups is 1.